The van der Waals surface area contributed by atoms with Gasteiger partial charge in [-0.1, -0.05) is 35.8 Å². The SMILES string of the molecule is CCNCc1cc(COc2ccccc2Cl)on1. The maximum Gasteiger partial charge on any atom is 0.174 e. The van der Waals surface area contributed by atoms with Crippen molar-refractivity contribution in [2.24, 2.45) is 0 Å². The molecule has 18 heavy (non-hydrogen) atoms. The van der Waals surface area contributed by atoms with E-state index in [-0.39, 0.29) is 0 Å². The van der Waals surface area contributed by atoms with Crippen LogP contribution in [0.4, 0.5) is 0 Å². The van der Waals surface area contributed by atoms with Crippen LogP contribution in [-0.4, -0.2) is 11.7 Å². The first-order valence-electron chi connectivity index (χ1n) is 5.82. The van der Waals surface area contributed by atoms with Crippen molar-refractivity contribution in [2.45, 2.75) is 20.1 Å². The quantitative estimate of drug-likeness (QED) is 0.873. The van der Waals surface area contributed by atoms with Crippen LogP contribution in [0.25, 0.3) is 0 Å². The normalized spacial score (nSPS) is 10.6. The highest BCUT2D eigenvalue weighted by atomic mass is 35.5. The molecular weight excluding hydrogens is 252 g/mol. The van der Waals surface area contributed by atoms with Gasteiger partial charge in [0.2, 0.25) is 0 Å². The highest BCUT2D eigenvalue weighted by molar-refractivity contribution is 6.32. The van der Waals surface area contributed by atoms with Crippen LogP contribution < -0.4 is 10.1 Å². The molecule has 0 bridgehead atoms. The molecule has 1 aromatic heterocycles. The fraction of sp³-hybridized carbons (Fsp3) is 0.308. The molecular formula is C13H15ClN2O2. The smallest absolute Gasteiger partial charge is 0.174 e. The minimum Gasteiger partial charge on any atom is -0.484 e. The van der Waals surface area contributed by atoms with Gasteiger partial charge in [0.15, 0.2) is 5.76 Å². The number of benzene rings is 1. The highest BCUT2D eigenvalue weighted by Crippen LogP contribution is 2.24. The van der Waals surface area contributed by atoms with Crippen molar-refractivity contribution in [3.8, 4) is 5.75 Å². The number of halogens is 1. The molecule has 0 spiro atoms. The van der Waals surface area contributed by atoms with Gasteiger partial charge in [-0.25, -0.2) is 0 Å². The van der Waals surface area contributed by atoms with Crippen LogP contribution in [0.15, 0.2) is 34.9 Å². The number of rotatable bonds is 6. The second kappa shape index (κ2) is 6.42. The molecule has 0 aliphatic rings. The van der Waals surface area contributed by atoms with Gasteiger partial charge in [0, 0.05) is 12.6 Å². The molecule has 0 amide bonds. The third kappa shape index (κ3) is 3.48. The summed E-state index contributed by atoms with van der Waals surface area (Å²) in [7, 11) is 0. The summed E-state index contributed by atoms with van der Waals surface area (Å²) >= 11 is 5.98. The van der Waals surface area contributed by atoms with E-state index in [1.165, 1.54) is 0 Å². The lowest BCUT2D eigenvalue weighted by Gasteiger charge is -2.04. The molecule has 4 nitrogen and oxygen atoms in total. The summed E-state index contributed by atoms with van der Waals surface area (Å²) in [5.41, 5.74) is 0.870. The fourth-order valence-electron chi connectivity index (χ4n) is 1.47. The molecule has 0 fully saturated rings. The number of para-hydroxylation sites is 1. The van der Waals surface area contributed by atoms with Crippen LogP contribution in [0.2, 0.25) is 5.02 Å². The van der Waals surface area contributed by atoms with E-state index in [9.17, 15) is 0 Å². The van der Waals surface area contributed by atoms with Crippen LogP contribution in [0.1, 0.15) is 18.4 Å². The third-order valence-electron chi connectivity index (χ3n) is 2.37. The third-order valence-corrected chi connectivity index (χ3v) is 2.68. The number of hydrogen-bond acceptors (Lipinski definition) is 4. The number of aromatic nitrogens is 1. The van der Waals surface area contributed by atoms with Gasteiger partial charge in [-0.3, -0.25) is 0 Å². The van der Waals surface area contributed by atoms with E-state index in [1.807, 2.05) is 31.2 Å². The van der Waals surface area contributed by atoms with Gasteiger partial charge < -0.3 is 14.6 Å². The van der Waals surface area contributed by atoms with E-state index in [4.69, 9.17) is 20.9 Å². The first-order valence-corrected chi connectivity index (χ1v) is 6.20. The molecule has 1 heterocycles. The van der Waals surface area contributed by atoms with Crippen molar-refractivity contribution < 1.29 is 9.26 Å². The Balaban J connectivity index is 1.90. The molecule has 1 N–H and O–H groups in total. The Morgan fingerprint density at radius 2 is 2.22 bits per heavy atom. The van der Waals surface area contributed by atoms with Gasteiger partial charge in [-0.05, 0) is 18.7 Å². The second-order valence-electron chi connectivity index (χ2n) is 3.78. The summed E-state index contributed by atoms with van der Waals surface area (Å²) in [5, 5.41) is 7.70. The van der Waals surface area contributed by atoms with Crippen molar-refractivity contribution in [3.63, 3.8) is 0 Å². The van der Waals surface area contributed by atoms with Crippen molar-refractivity contribution >= 4 is 11.6 Å². The Bertz CT molecular complexity index is 499. The molecule has 0 radical (unpaired) electrons. The Labute approximate surface area is 111 Å². The van der Waals surface area contributed by atoms with Crippen LogP contribution in [0, 0.1) is 0 Å². The average Bonchev–Trinajstić information content (AvgIpc) is 2.83. The predicted molar refractivity (Wildman–Crippen MR) is 69.7 cm³/mol. The summed E-state index contributed by atoms with van der Waals surface area (Å²) in [6.07, 6.45) is 0. The summed E-state index contributed by atoms with van der Waals surface area (Å²) in [6.45, 7) is 3.97. The zero-order valence-electron chi connectivity index (χ0n) is 10.1. The lowest BCUT2D eigenvalue weighted by molar-refractivity contribution is 0.248. The minimum absolute atomic E-state index is 0.322. The van der Waals surface area contributed by atoms with Crippen LogP contribution in [0.5, 0.6) is 5.75 Å². The van der Waals surface area contributed by atoms with Gasteiger partial charge in [-0.2, -0.15) is 0 Å². The summed E-state index contributed by atoms with van der Waals surface area (Å²) < 4.78 is 10.7. The topological polar surface area (TPSA) is 47.3 Å². The first kappa shape index (κ1) is 12.9. The van der Waals surface area contributed by atoms with Gasteiger partial charge in [-0.15, -0.1) is 0 Å². The molecule has 0 saturated heterocycles. The van der Waals surface area contributed by atoms with Crippen molar-refractivity contribution in [1.29, 1.82) is 0 Å². The molecule has 0 aliphatic heterocycles. The number of hydrogen-bond donors (Lipinski definition) is 1. The minimum atomic E-state index is 0.322. The molecule has 0 atom stereocenters. The first-order chi connectivity index (χ1) is 8.79. The Morgan fingerprint density at radius 3 is 3.00 bits per heavy atom. The maximum absolute atomic E-state index is 5.98. The molecule has 0 aliphatic carbocycles. The van der Waals surface area contributed by atoms with Crippen molar-refractivity contribution in [3.05, 3.63) is 46.8 Å². The average molecular weight is 267 g/mol. The number of nitrogens with one attached hydrogen (secondary N) is 1. The molecule has 5 heteroatoms. The standard InChI is InChI=1S/C13H15ClN2O2/c1-2-15-8-10-7-11(18-16-10)9-17-13-6-4-3-5-12(13)14/h3-7,15H,2,8-9H2,1H3. The Kier molecular flexibility index (Phi) is 4.61. The van der Waals surface area contributed by atoms with Crippen LogP contribution in [0.3, 0.4) is 0 Å². The zero-order valence-corrected chi connectivity index (χ0v) is 10.9. The van der Waals surface area contributed by atoms with E-state index in [0.717, 1.165) is 12.2 Å². The summed E-state index contributed by atoms with van der Waals surface area (Å²) in [4.78, 5) is 0. The molecule has 1 aromatic carbocycles. The largest absolute Gasteiger partial charge is 0.484 e. The fourth-order valence-corrected chi connectivity index (χ4v) is 1.66. The van der Waals surface area contributed by atoms with Gasteiger partial charge >= 0.3 is 0 Å². The van der Waals surface area contributed by atoms with Crippen LogP contribution >= 0.6 is 11.6 Å². The van der Waals surface area contributed by atoms with Crippen LogP contribution in [-0.2, 0) is 13.2 Å². The van der Waals surface area contributed by atoms with Gasteiger partial charge in [0.1, 0.15) is 12.4 Å². The van der Waals surface area contributed by atoms with E-state index < -0.39 is 0 Å². The number of nitrogens with zero attached hydrogens (tertiary/aromatic N) is 1. The monoisotopic (exact) mass is 266 g/mol. The Hall–Kier alpha value is -1.52. The van der Waals surface area contributed by atoms with Gasteiger partial charge in [0.05, 0.1) is 10.7 Å². The molecule has 0 saturated carbocycles. The lowest BCUT2D eigenvalue weighted by atomic mass is 10.3. The molecule has 2 aromatic rings. The maximum atomic E-state index is 5.98. The second-order valence-corrected chi connectivity index (χ2v) is 4.19. The van der Waals surface area contributed by atoms with Gasteiger partial charge in [0.25, 0.3) is 0 Å². The number of ether oxygens (including phenoxy) is 1. The van der Waals surface area contributed by atoms with E-state index in [0.29, 0.717) is 29.7 Å². The summed E-state index contributed by atoms with van der Waals surface area (Å²) in [5.74, 6) is 1.33. The van der Waals surface area contributed by atoms with E-state index >= 15 is 0 Å². The molecule has 96 valence electrons. The molecule has 0 unspecified atom stereocenters. The zero-order chi connectivity index (χ0) is 12.8. The molecule has 2 rings (SSSR count). The Morgan fingerprint density at radius 1 is 1.39 bits per heavy atom. The predicted octanol–water partition coefficient (Wildman–Crippen LogP) is 3.02. The van der Waals surface area contributed by atoms with E-state index in [1.54, 1.807) is 6.07 Å². The summed E-state index contributed by atoms with van der Waals surface area (Å²) in [6, 6.07) is 9.21. The highest BCUT2D eigenvalue weighted by Gasteiger charge is 2.06. The lowest BCUT2D eigenvalue weighted by Crippen LogP contribution is -2.11. The van der Waals surface area contributed by atoms with E-state index in [2.05, 4.69) is 10.5 Å². The van der Waals surface area contributed by atoms with Crippen molar-refractivity contribution in [2.75, 3.05) is 6.54 Å². The van der Waals surface area contributed by atoms with Crippen molar-refractivity contribution in [1.82, 2.24) is 10.5 Å².